The molecule has 0 saturated heterocycles. The maximum Gasteiger partial charge on any atom is 0.188 e. The Bertz CT molecular complexity index is 436. The first kappa shape index (κ1) is 13.7. The Labute approximate surface area is 115 Å². The molecule has 0 spiro atoms. The molecule has 2 rings (SSSR count). The summed E-state index contributed by atoms with van der Waals surface area (Å²) in [6, 6.07) is 8.36. The van der Waals surface area contributed by atoms with E-state index < -0.39 is 0 Å². The lowest BCUT2D eigenvalue weighted by Gasteiger charge is -2.25. The van der Waals surface area contributed by atoms with Gasteiger partial charge in [-0.25, -0.2) is 4.99 Å². The van der Waals surface area contributed by atoms with Crippen molar-refractivity contribution in [3.63, 3.8) is 0 Å². The van der Waals surface area contributed by atoms with Crippen molar-refractivity contribution in [1.29, 1.82) is 0 Å². The molecule has 0 atom stereocenters. The minimum atomic E-state index is 0.558. The summed E-state index contributed by atoms with van der Waals surface area (Å²) in [6.07, 6.45) is 4.01. The van der Waals surface area contributed by atoms with Crippen molar-refractivity contribution in [2.75, 3.05) is 25.5 Å². The third kappa shape index (κ3) is 4.16. The van der Waals surface area contributed by atoms with Gasteiger partial charge < -0.3 is 16.0 Å². The molecule has 1 aromatic carbocycles. The van der Waals surface area contributed by atoms with Gasteiger partial charge in [0.25, 0.3) is 0 Å². The summed E-state index contributed by atoms with van der Waals surface area (Å²) in [6.45, 7) is 1.60. The lowest BCUT2D eigenvalue weighted by Crippen LogP contribution is -2.37. The number of hydrogen-bond donors (Lipinski definition) is 2. The van der Waals surface area contributed by atoms with Crippen LogP contribution in [0.4, 0.5) is 5.69 Å². The molecule has 0 aromatic heterocycles. The summed E-state index contributed by atoms with van der Waals surface area (Å²) in [4.78, 5) is 6.48. The minimum absolute atomic E-state index is 0.558. The Morgan fingerprint density at radius 3 is 2.84 bits per heavy atom. The van der Waals surface area contributed by atoms with Crippen molar-refractivity contribution in [3.05, 3.63) is 29.8 Å². The third-order valence-corrected chi connectivity index (χ3v) is 3.66. The van der Waals surface area contributed by atoms with Crippen LogP contribution >= 0.6 is 0 Å². The highest BCUT2D eigenvalue weighted by Crippen LogP contribution is 2.25. The van der Waals surface area contributed by atoms with E-state index in [2.05, 4.69) is 39.5 Å². The Morgan fingerprint density at radius 2 is 2.21 bits per heavy atom. The van der Waals surface area contributed by atoms with E-state index in [9.17, 15) is 0 Å². The van der Waals surface area contributed by atoms with Crippen LogP contribution in [0.25, 0.3) is 0 Å². The summed E-state index contributed by atoms with van der Waals surface area (Å²) in [7, 11) is 4.08. The van der Waals surface area contributed by atoms with Gasteiger partial charge in [0.1, 0.15) is 0 Å². The van der Waals surface area contributed by atoms with Crippen LogP contribution in [-0.2, 0) is 6.54 Å². The largest absolute Gasteiger partial charge is 0.378 e. The van der Waals surface area contributed by atoms with E-state index in [1.165, 1.54) is 30.5 Å². The fraction of sp³-hybridized carbons (Fsp3) is 0.533. The highest BCUT2D eigenvalue weighted by molar-refractivity contribution is 5.77. The number of nitrogens with one attached hydrogen (secondary N) is 1. The van der Waals surface area contributed by atoms with Gasteiger partial charge in [-0.15, -0.1) is 0 Å². The van der Waals surface area contributed by atoms with Crippen LogP contribution in [-0.4, -0.2) is 26.6 Å². The van der Waals surface area contributed by atoms with Crippen molar-refractivity contribution in [3.8, 4) is 0 Å². The SMILES string of the molecule is CN(C)c1cccc(CN=C(N)NCC2CCC2)c1. The molecule has 1 fully saturated rings. The van der Waals surface area contributed by atoms with Crippen molar-refractivity contribution in [2.24, 2.45) is 16.6 Å². The summed E-state index contributed by atoms with van der Waals surface area (Å²) >= 11 is 0. The number of nitrogens with two attached hydrogens (primary N) is 1. The maximum absolute atomic E-state index is 5.87. The monoisotopic (exact) mass is 260 g/mol. The number of rotatable bonds is 5. The fourth-order valence-electron chi connectivity index (χ4n) is 2.11. The first-order chi connectivity index (χ1) is 9.15. The standard InChI is InChI=1S/C15H24N4/c1-19(2)14-8-4-7-13(9-14)11-18-15(16)17-10-12-5-3-6-12/h4,7-9,12H,3,5-6,10-11H2,1-2H3,(H3,16,17,18). The Morgan fingerprint density at radius 1 is 1.42 bits per heavy atom. The summed E-state index contributed by atoms with van der Waals surface area (Å²) in [5, 5.41) is 3.21. The Balaban J connectivity index is 1.83. The molecule has 104 valence electrons. The van der Waals surface area contributed by atoms with E-state index in [4.69, 9.17) is 5.73 Å². The van der Waals surface area contributed by atoms with Gasteiger partial charge in [0.15, 0.2) is 5.96 Å². The van der Waals surface area contributed by atoms with Crippen LogP contribution in [0, 0.1) is 5.92 Å². The molecular formula is C15H24N4. The van der Waals surface area contributed by atoms with Gasteiger partial charge in [-0.2, -0.15) is 0 Å². The van der Waals surface area contributed by atoms with Gasteiger partial charge in [0, 0.05) is 26.3 Å². The van der Waals surface area contributed by atoms with Gasteiger partial charge in [0.2, 0.25) is 0 Å². The van der Waals surface area contributed by atoms with Crippen LogP contribution < -0.4 is 16.0 Å². The molecule has 0 aliphatic heterocycles. The van der Waals surface area contributed by atoms with E-state index in [1.54, 1.807) is 0 Å². The van der Waals surface area contributed by atoms with Gasteiger partial charge >= 0.3 is 0 Å². The number of benzene rings is 1. The second-order valence-corrected chi connectivity index (χ2v) is 5.44. The molecule has 19 heavy (non-hydrogen) atoms. The molecule has 0 amide bonds. The smallest absolute Gasteiger partial charge is 0.188 e. The second kappa shape index (κ2) is 6.45. The predicted molar refractivity (Wildman–Crippen MR) is 81.4 cm³/mol. The van der Waals surface area contributed by atoms with Gasteiger partial charge in [-0.1, -0.05) is 18.6 Å². The molecule has 0 heterocycles. The van der Waals surface area contributed by atoms with Gasteiger partial charge in [-0.3, -0.25) is 0 Å². The van der Waals surface area contributed by atoms with Gasteiger partial charge in [-0.05, 0) is 36.5 Å². The molecule has 0 bridgehead atoms. The van der Waals surface area contributed by atoms with Gasteiger partial charge in [0.05, 0.1) is 6.54 Å². The number of nitrogens with zero attached hydrogens (tertiary/aromatic N) is 2. The van der Waals surface area contributed by atoms with E-state index in [0.29, 0.717) is 12.5 Å². The third-order valence-electron chi connectivity index (χ3n) is 3.66. The number of aliphatic imine (C=N–C) groups is 1. The number of hydrogen-bond acceptors (Lipinski definition) is 2. The minimum Gasteiger partial charge on any atom is -0.378 e. The first-order valence-electron chi connectivity index (χ1n) is 6.95. The summed E-state index contributed by atoms with van der Waals surface area (Å²) < 4.78 is 0. The predicted octanol–water partition coefficient (Wildman–Crippen LogP) is 1.96. The van der Waals surface area contributed by atoms with E-state index >= 15 is 0 Å². The zero-order valence-corrected chi connectivity index (χ0v) is 11.9. The normalized spacial score (nSPS) is 16.0. The van der Waals surface area contributed by atoms with Crippen molar-refractivity contribution >= 4 is 11.6 Å². The molecule has 4 nitrogen and oxygen atoms in total. The highest BCUT2D eigenvalue weighted by atomic mass is 15.1. The molecule has 1 aliphatic rings. The molecule has 0 unspecified atom stereocenters. The summed E-state index contributed by atoms with van der Waals surface area (Å²) in [5.41, 5.74) is 8.24. The topological polar surface area (TPSA) is 53.6 Å². The van der Waals surface area contributed by atoms with E-state index in [0.717, 1.165) is 12.5 Å². The van der Waals surface area contributed by atoms with E-state index in [1.807, 2.05) is 14.1 Å². The Kier molecular flexibility index (Phi) is 4.66. The molecule has 1 saturated carbocycles. The number of anilines is 1. The lowest BCUT2D eigenvalue weighted by molar-refractivity contribution is 0.315. The second-order valence-electron chi connectivity index (χ2n) is 5.44. The molecular weight excluding hydrogens is 236 g/mol. The van der Waals surface area contributed by atoms with Crippen LogP contribution in [0.2, 0.25) is 0 Å². The quantitative estimate of drug-likeness (QED) is 0.628. The molecule has 1 aliphatic carbocycles. The van der Waals surface area contributed by atoms with Crippen molar-refractivity contribution in [1.82, 2.24) is 5.32 Å². The van der Waals surface area contributed by atoms with Crippen LogP contribution in [0.5, 0.6) is 0 Å². The van der Waals surface area contributed by atoms with Crippen LogP contribution in [0.15, 0.2) is 29.3 Å². The molecule has 1 aromatic rings. The zero-order valence-electron chi connectivity index (χ0n) is 11.9. The van der Waals surface area contributed by atoms with E-state index in [-0.39, 0.29) is 0 Å². The fourth-order valence-corrected chi connectivity index (χ4v) is 2.11. The van der Waals surface area contributed by atoms with Crippen LogP contribution in [0.3, 0.4) is 0 Å². The maximum atomic E-state index is 5.87. The van der Waals surface area contributed by atoms with Crippen LogP contribution in [0.1, 0.15) is 24.8 Å². The highest BCUT2D eigenvalue weighted by Gasteiger charge is 2.16. The molecule has 0 radical (unpaired) electrons. The molecule has 3 N–H and O–H groups in total. The molecule has 4 heteroatoms. The average Bonchev–Trinajstić information content (AvgIpc) is 2.35. The van der Waals surface area contributed by atoms with Crippen molar-refractivity contribution in [2.45, 2.75) is 25.8 Å². The Hall–Kier alpha value is -1.71. The lowest BCUT2D eigenvalue weighted by atomic mass is 9.85. The first-order valence-corrected chi connectivity index (χ1v) is 6.95. The number of guanidine groups is 1. The van der Waals surface area contributed by atoms with Crippen molar-refractivity contribution < 1.29 is 0 Å². The average molecular weight is 260 g/mol. The zero-order chi connectivity index (χ0) is 13.7. The summed E-state index contributed by atoms with van der Waals surface area (Å²) in [5.74, 6) is 1.35.